The standard InChI is InChI=1S/C18H25N3O2/c22-17(14-21-10-4-7-18(21)23)19-16-8-11-20(12-9-16)13-15-5-2-1-3-6-15/h1-3,5-6,16H,4,7-14H2,(H,19,22). The summed E-state index contributed by atoms with van der Waals surface area (Å²) < 4.78 is 0. The van der Waals surface area contributed by atoms with Crippen LogP contribution in [0.4, 0.5) is 0 Å². The molecule has 3 rings (SSSR count). The minimum atomic E-state index is -0.0123. The number of carbonyl (C=O) groups excluding carboxylic acids is 2. The maximum Gasteiger partial charge on any atom is 0.239 e. The molecule has 0 unspecified atom stereocenters. The summed E-state index contributed by atoms with van der Waals surface area (Å²) in [5.74, 6) is 0.0968. The molecule has 5 nitrogen and oxygen atoms in total. The largest absolute Gasteiger partial charge is 0.352 e. The number of piperidine rings is 1. The molecular formula is C18H25N3O2. The zero-order valence-corrected chi connectivity index (χ0v) is 13.5. The summed E-state index contributed by atoms with van der Waals surface area (Å²) in [6.07, 6.45) is 3.42. The number of likely N-dealkylation sites (tertiary alicyclic amines) is 2. The Hall–Kier alpha value is -1.88. The van der Waals surface area contributed by atoms with Crippen LogP contribution < -0.4 is 5.32 Å². The fraction of sp³-hybridized carbons (Fsp3) is 0.556. The molecule has 1 aromatic rings. The Morgan fingerprint density at radius 2 is 1.87 bits per heavy atom. The number of hydrogen-bond acceptors (Lipinski definition) is 3. The van der Waals surface area contributed by atoms with Gasteiger partial charge in [-0.05, 0) is 24.8 Å². The van der Waals surface area contributed by atoms with Crippen LogP contribution in [0.15, 0.2) is 30.3 Å². The Kier molecular flexibility index (Phi) is 5.28. The molecule has 2 aliphatic rings. The van der Waals surface area contributed by atoms with Crippen molar-refractivity contribution in [3.8, 4) is 0 Å². The van der Waals surface area contributed by atoms with Gasteiger partial charge >= 0.3 is 0 Å². The van der Waals surface area contributed by atoms with Gasteiger partial charge in [0.05, 0.1) is 6.54 Å². The molecule has 2 heterocycles. The van der Waals surface area contributed by atoms with Crippen LogP contribution in [0.2, 0.25) is 0 Å². The second-order valence-electron chi connectivity index (χ2n) is 6.52. The van der Waals surface area contributed by atoms with Crippen molar-refractivity contribution in [1.29, 1.82) is 0 Å². The summed E-state index contributed by atoms with van der Waals surface area (Å²) in [6.45, 7) is 3.93. The van der Waals surface area contributed by atoms with Crippen LogP contribution in [-0.4, -0.2) is 53.8 Å². The fourth-order valence-electron chi connectivity index (χ4n) is 3.39. The van der Waals surface area contributed by atoms with Crippen molar-refractivity contribution < 1.29 is 9.59 Å². The number of nitrogens with zero attached hydrogens (tertiary/aromatic N) is 2. The van der Waals surface area contributed by atoms with E-state index in [2.05, 4.69) is 34.5 Å². The molecular weight excluding hydrogens is 290 g/mol. The molecule has 0 bridgehead atoms. The lowest BCUT2D eigenvalue weighted by atomic mass is 10.0. The van der Waals surface area contributed by atoms with E-state index >= 15 is 0 Å². The monoisotopic (exact) mass is 315 g/mol. The summed E-state index contributed by atoms with van der Waals surface area (Å²) in [7, 11) is 0. The molecule has 0 radical (unpaired) electrons. The van der Waals surface area contributed by atoms with Crippen LogP contribution in [0, 0.1) is 0 Å². The Morgan fingerprint density at radius 1 is 1.13 bits per heavy atom. The zero-order valence-electron chi connectivity index (χ0n) is 13.5. The molecule has 2 saturated heterocycles. The van der Waals surface area contributed by atoms with Crippen molar-refractivity contribution in [1.82, 2.24) is 15.1 Å². The van der Waals surface area contributed by atoms with Gasteiger partial charge in [-0.15, -0.1) is 0 Å². The summed E-state index contributed by atoms with van der Waals surface area (Å²) in [4.78, 5) is 27.7. The van der Waals surface area contributed by atoms with Crippen LogP contribution in [0.3, 0.4) is 0 Å². The Morgan fingerprint density at radius 3 is 2.52 bits per heavy atom. The van der Waals surface area contributed by atoms with Gasteiger partial charge in [0.2, 0.25) is 11.8 Å². The van der Waals surface area contributed by atoms with E-state index < -0.39 is 0 Å². The third-order valence-electron chi connectivity index (χ3n) is 4.71. The van der Waals surface area contributed by atoms with Crippen molar-refractivity contribution >= 4 is 11.8 Å². The SMILES string of the molecule is O=C(CN1CCCC1=O)NC1CCN(Cc2ccccc2)CC1. The second kappa shape index (κ2) is 7.59. The van der Waals surface area contributed by atoms with Gasteiger partial charge in [0.25, 0.3) is 0 Å². The van der Waals surface area contributed by atoms with Crippen molar-refractivity contribution in [2.45, 2.75) is 38.3 Å². The molecule has 124 valence electrons. The third kappa shape index (κ3) is 4.55. The van der Waals surface area contributed by atoms with E-state index in [0.29, 0.717) is 6.42 Å². The first-order chi connectivity index (χ1) is 11.2. The number of amides is 2. The number of hydrogen-bond donors (Lipinski definition) is 1. The predicted molar refractivity (Wildman–Crippen MR) is 88.7 cm³/mol. The highest BCUT2D eigenvalue weighted by molar-refractivity contribution is 5.85. The van der Waals surface area contributed by atoms with E-state index in [1.165, 1.54) is 5.56 Å². The van der Waals surface area contributed by atoms with Gasteiger partial charge in [-0.25, -0.2) is 0 Å². The van der Waals surface area contributed by atoms with Gasteiger partial charge in [0, 0.05) is 38.6 Å². The zero-order chi connectivity index (χ0) is 16.1. The Bertz CT molecular complexity index is 538. The lowest BCUT2D eigenvalue weighted by Crippen LogP contribution is -2.47. The molecule has 0 aromatic heterocycles. The third-order valence-corrected chi connectivity index (χ3v) is 4.71. The van der Waals surface area contributed by atoms with Gasteiger partial charge < -0.3 is 10.2 Å². The van der Waals surface area contributed by atoms with Gasteiger partial charge in [-0.2, -0.15) is 0 Å². The fourth-order valence-corrected chi connectivity index (χ4v) is 3.39. The summed E-state index contributed by atoms with van der Waals surface area (Å²) in [5, 5.41) is 3.09. The average Bonchev–Trinajstić information content (AvgIpc) is 2.95. The minimum Gasteiger partial charge on any atom is -0.352 e. The molecule has 5 heteroatoms. The van der Waals surface area contributed by atoms with Crippen LogP contribution in [0.25, 0.3) is 0 Å². The van der Waals surface area contributed by atoms with E-state index in [1.54, 1.807) is 4.90 Å². The van der Waals surface area contributed by atoms with E-state index in [1.807, 2.05) is 6.07 Å². The molecule has 0 aliphatic carbocycles. The smallest absolute Gasteiger partial charge is 0.239 e. The van der Waals surface area contributed by atoms with Gasteiger partial charge in [-0.3, -0.25) is 14.5 Å². The predicted octanol–water partition coefficient (Wildman–Crippen LogP) is 1.39. The van der Waals surface area contributed by atoms with E-state index in [4.69, 9.17) is 0 Å². The molecule has 2 aliphatic heterocycles. The van der Waals surface area contributed by atoms with Crippen LogP contribution in [-0.2, 0) is 16.1 Å². The van der Waals surface area contributed by atoms with Gasteiger partial charge in [0.1, 0.15) is 0 Å². The first-order valence-corrected chi connectivity index (χ1v) is 8.54. The van der Waals surface area contributed by atoms with Crippen molar-refractivity contribution in [2.75, 3.05) is 26.2 Å². The molecule has 0 spiro atoms. The molecule has 2 fully saturated rings. The topological polar surface area (TPSA) is 52.7 Å². The highest BCUT2D eigenvalue weighted by atomic mass is 16.2. The van der Waals surface area contributed by atoms with Crippen molar-refractivity contribution in [3.63, 3.8) is 0 Å². The average molecular weight is 315 g/mol. The molecule has 2 amide bonds. The van der Waals surface area contributed by atoms with Gasteiger partial charge in [-0.1, -0.05) is 30.3 Å². The van der Waals surface area contributed by atoms with Gasteiger partial charge in [0.15, 0.2) is 0 Å². The molecule has 0 saturated carbocycles. The lowest BCUT2D eigenvalue weighted by Gasteiger charge is -2.32. The maximum atomic E-state index is 12.1. The first-order valence-electron chi connectivity index (χ1n) is 8.54. The van der Waals surface area contributed by atoms with Crippen molar-refractivity contribution in [3.05, 3.63) is 35.9 Å². The minimum absolute atomic E-state index is 0.0123. The quantitative estimate of drug-likeness (QED) is 0.893. The summed E-state index contributed by atoms with van der Waals surface area (Å²) in [5.41, 5.74) is 1.34. The molecule has 1 aromatic carbocycles. The summed E-state index contributed by atoms with van der Waals surface area (Å²) in [6, 6.07) is 10.7. The summed E-state index contributed by atoms with van der Waals surface area (Å²) >= 11 is 0. The second-order valence-corrected chi connectivity index (χ2v) is 6.52. The molecule has 0 atom stereocenters. The molecule has 1 N–H and O–H groups in total. The van der Waals surface area contributed by atoms with Crippen LogP contribution >= 0.6 is 0 Å². The highest BCUT2D eigenvalue weighted by Crippen LogP contribution is 2.14. The van der Waals surface area contributed by atoms with E-state index in [9.17, 15) is 9.59 Å². The van der Waals surface area contributed by atoms with E-state index in [-0.39, 0.29) is 24.4 Å². The number of nitrogens with one attached hydrogen (secondary N) is 1. The Balaban J connectivity index is 1.39. The number of rotatable bonds is 5. The molecule has 23 heavy (non-hydrogen) atoms. The van der Waals surface area contributed by atoms with Crippen LogP contribution in [0.5, 0.6) is 0 Å². The Labute approximate surface area is 137 Å². The van der Waals surface area contributed by atoms with E-state index in [0.717, 1.165) is 45.4 Å². The maximum absolute atomic E-state index is 12.1. The first kappa shape index (κ1) is 16.0. The lowest BCUT2D eigenvalue weighted by molar-refractivity contribution is -0.133. The van der Waals surface area contributed by atoms with Crippen LogP contribution in [0.1, 0.15) is 31.2 Å². The highest BCUT2D eigenvalue weighted by Gasteiger charge is 2.25. The number of carbonyl (C=O) groups is 2. The normalized spacial score (nSPS) is 20.0. The van der Waals surface area contributed by atoms with Crippen molar-refractivity contribution in [2.24, 2.45) is 0 Å². The number of benzene rings is 1.